The monoisotopic (exact) mass is 220 g/mol. The number of nitrogens with one attached hydrogen (secondary N) is 1. The van der Waals surface area contributed by atoms with Crippen molar-refractivity contribution in [1.82, 2.24) is 15.2 Å². The van der Waals surface area contributed by atoms with Gasteiger partial charge in [-0.25, -0.2) is 9.37 Å². The minimum absolute atomic E-state index is 0.217. The summed E-state index contributed by atoms with van der Waals surface area (Å²) in [4.78, 5) is 4.19. The fraction of sp³-hybridized carbons (Fsp3) is 0.273. The molecular weight excluding hydrogens is 207 g/mol. The molecular formula is C11H13FN4. The summed E-state index contributed by atoms with van der Waals surface area (Å²) in [6.07, 6.45) is 0.395. The number of hydrogen-bond donors (Lipinski definition) is 2. The van der Waals surface area contributed by atoms with Gasteiger partial charge in [0.05, 0.1) is 6.04 Å². The van der Waals surface area contributed by atoms with Gasteiger partial charge in [-0.15, -0.1) is 0 Å². The molecule has 1 aromatic heterocycles. The molecule has 0 spiro atoms. The maximum Gasteiger partial charge on any atom is 0.167 e. The second kappa shape index (κ2) is 4.40. The van der Waals surface area contributed by atoms with E-state index < -0.39 is 0 Å². The fourth-order valence-corrected chi connectivity index (χ4v) is 1.41. The van der Waals surface area contributed by atoms with Crippen LogP contribution in [0, 0.1) is 5.82 Å². The van der Waals surface area contributed by atoms with Gasteiger partial charge in [0.15, 0.2) is 5.82 Å². The molecule has 84 valence electrons. The molecule has 0 amide bonds. The lowest BCUT2D eigenvalue weighted by molar-refractivity contribution is 0.612. The smallest absolute Gasteiger partial charge is 0.167 e. The number of rotatable bonds is 3. The van der Waals surface area contributed by atoms with Crippen LogP contribution in [0.25, 0.3) is 0 Å². The molecule has 4 nitrogen and oxygen atoms in total. The summed E-state index contributed by atoms with van der Waals surface area (Å²) in [6, 6.07) is 6.39. The number of nitrogens with zero attached hydrogens (tertiary/aromatic N) is 2. The third kappa shape index (κ3) is 2.25. The summed E-state index contributed by atoms with van der Waals surface area (Å²) in [6.45, 7) is 1.80. The van der Waals surface area contributed by atoms with Gasteiger partial charge in [-0.2, -0.15) is 5.10 Å². The number of H-pyrrole nitrogens is 1. The third-order valence-corrected chi connectivity index (χ3v) is 2.27. The molecule has 16 heavy (non-hydrogen) atoms. The zero-order valence-corrected chi connectivity index (χ0v) is 8.94. The van der Waals surface area contributed by atoms with Gasteiger partial charge in [0.2, 0.25) is 0 Å². The highest BCUT2D eigenvalue weighted by Crippen LogP contribution is 2.11. The Kier molecular flexibility index (Phi) is 2.96. The molecule has 0 aliphatic heterocycles. The number of aromatic amines is 1. The molecule has 0 saturated carbocycles. The van der Waals surface area contributed by atoms with Crippen molar-refractivity contribution in [3.63, 3.8) is 0 Å². The first-order valence-electron chi connectivity index (χ1n) is 5.07. The van der Waals surface area contributed by atoms with Crippen LogP contribution in [0.2, 0.25) is 0 Å². The molecule has 1 atom stereocenters. The van der Waals surface area contributed by atoms with Gasteiger partial charge in [-0.1, -0.05) is 18.2 Å². The molecule has 1 aromatic carbocycles. The number of benzene rings is 1. The van der Waals surface area contributed by atoms with Gasteiger partial charge in [-0.3, -0.25) is 5.10 Å². The summed E-state index contributed by atoms with van der Waals surface area (Å²) in [5, 5.41) is 6.71. The lowest BCUT2D eigenvalue weighted by atomic mass is 10.1. The number of nitrogens with two attached hydrogens (primary N) is 1. The van der Waals surface area contributed by atoms with Crippen LogP contribution in [0.3, 0.4) is 0 Å². The highest BCUT2D eigenvalue weighted by atomic mass is 19.1. The van der Waals surface area contributed by atoms with E-state index in [9.17, 15) is 4.39 Å². The van der Waals surface area contributed by atoms with Crippen LogP contribution in [0.1, 0.15) is 30.2 Å². The molecule has 5 heteroatoms. The average molecular weight is 220 g/mol. The van der Waals surface area contributed by atoms with Crippen molar-refractivity contribution in [2.24, 2.45) is 5.73 Å². The third-order valence-electron chi connectivity index (χ3n) is 2.27. The van der Waals surface area contributed by atoms with Crippen LogP contribution >= 0.6 is 0 Å². The Balaban J connectivity index is 2.18. The van der Waals surface area contributed by atoms with Crippen LogP contribution in [0.15, 0.2) is 24.3 Å². The largest absolute Gasteiger partial charge is 0.321 e. The molecule has 0 aliphatic carbocycles. The zero-order chi connectivity index (χ0) is 11.5. The van der Waals surface area contributed by atoms with Gasteiger partial charge >= 0.3 is 0 Å². The first-order valence-corrected chi connectivity index (χ1v) is 5.07. The van der Waals surface area contributed by atoms with Gasteiger partial charge in [0, 0.05) is 6.42 Å². The normalized spacial score (nSPS) is 12.7. The van der Waals surface area contributed by atoms with Crippen LogP contribution in [0.5, 0.6) is 0 Å². The van der Waals surface area contributed by atoms with E-state index in [-0.39, 0.29) is 11.9 Å². The molecule has 0 saturated heterocycles. The van der Waals surface area contributed by atoms with Crippen LogP contribution in [0.4, 0.5) is 4.39 Å². The van der Waals surface area contributed by atoms with E-state index in [2.05, 4.69) is 15.2 Å². The molecule has 1 heterocycles. The topological polar surface area (TPSA) is 67.6 Å². The molecule has 0 bridgehead atoms. The summed E-state index contributed by atoms with van der Waals surface area (Å²) in [5.41, 5.74) is 6.22. The van der Waals surface area contributed by atoms with Crippen LogP contribution < -0.4 is 5.73 Å². The Bertz CT molecular complexity index is 478. The van der Waals surface area contributed by atoms with Crippen molar-refractivity contribution in [3.05, 3.63) is 47.3 Å². The van der Waals surface area contributed by atoms with E-state index in [0.29, 0.717) is 23.6 Å². The summed E-state index contributed by atoms with van der Waals surface area (Å²) < 4.78 is 13.4. The van der Waals surface area contributed by atoms with Crippen molar-refractivity contribution in [2.75, 3.05) is 0 Å². The van der Waals surface area contributed by atoms with Crippen molar-refractivity contribution >= 4 is 0 Å². The van der Waals surface area contributed by atoms with Gasteiger partial charge in [0.25, 0.3) is 0 Å². The molecule has 1 unspecified atom stereocenters. The molecule has 2 aromatic rings. The highest BCUT2D eigenvalue weighted by Gasteiger charge is 2.09. The average Bonchev–Trinajstić information content (AvgIpc) is 2.70. The minimum Gasteiger partial charge on any atom is -0.321 e. The van der Waals surface area contributed by atoms with E-state index in [1.165, 1.54) is 6.07 Å². The van der Waals surface area contributed by atoms with Gasteiger partial charge in [-0.05, 0) is 18.6 Å². The Labute approximate surface area is 92.7 Å². The molecule has 0 aliphatic rings. The van der Waals surface area contributed by atoms with Gasteiger partial charge in [0.1, 0.15) is 11.6 Å². The maximum absolute atomic E-state index is 13.4. The lowest BCUT2D eigenvalue weighted by Gasteiger charge is -1.99. The van der Waals surface area contributed by atoms with Crippen molar-refractivity contribution < 1.29 is 4.39 Å². The fourth-order valence-electron chi connectivity index (χ4n) is 1.41. The predicted molar refractivity (Wildman–Crippen MR) is 58.2 cm³/mol. The SMILES string of the molecule is CC(N)c1n[nH]c(Cc2ccccc2F)n1. The Morgan fingerprint density at radius 2 is 2.19 bits per heavy atom. The Hall–Kier alpha value is -1.75. The number of aromatic nitrogens is 3. The number of hydrogen-bond acceptors (Lipinski definition) is 3. The second-order valence-electron chi connectivity index (χ2n) is 3.70. The minimum atomic E-state index is -0.235. The van der Waals surface area contributed by atoms with Crippen molar-refractivity contribution in [2.45, 2.75) is 19.4 Å². The lowest BCUT2D eigenvalue weighted by Crippen LogP contribution is -2.07. The zero-order valence-electron chi connectivity index (χ0n) is 8.94. The van der Waals surface area contributed by atoms with E-state index in [1.54, 1.807) is 25.1 Å². The molecule has 2 rings (SSSR count). The van der Waals surface area contributed by atoms with Crippen molar-refractivity contribution in [3.8, 4) is 0 Å². The molecule has 0 radical (unpaired) electrons. The Morgan fingerprint density at radius 1 is 1.44 bits per heavy atom. The maximum atomic E-state index is 13.4. The molecule has 3 N–H and O–H groups in total. The quantitative estimate of drug-likeness (QED) is 0.824. The summed E-state index contributed by atoms with van der Waals surface area (Å²) in [5.74, 6) is 0.935. The van der Waals surface area contributed by atoms with E-state index in [0.717, 1.165) is 0 Å². The van der Waals surface area contributed by atoms with Crippen LogP contribution in [-0.2, 0) is 6.42 Å². The van der Waals surface area contributed by atoms with E-state index in [1.807, 2.05) is 0 Å². The Morgan fingerprint density at radius 3 is 2.81 bits per heavy atom. The van der Waals surface area contributed by atoms with E-state index in [4.69, 9.17) is 5.73 Å². The van der Waals surface area contributed by atoms with Crippen LogP contribution in [-0.4, -0.2) is 15.2 Å². The van der Waals surface area contributed by atoms with Crippen molar-refractivity contribution in [1.29, 1.82) is 0 Å². The van der Waals surface area contributed by atoms with E-state index >= 15 is 0 Å². The first kappa shape index (κ1) is 10.8. The first-order chi connectivity index (χ1) is 7.66. The highest BCUT2D eigenvalue weighted by molar-refractivity contribution is 5.20. The summed E-state index contributed by atoms with van der Waals surface area (Å²) in [7, 11) is 0. The second-order valence-corrected chi connectivity index (χ2v) is 3.70. The predicted octanol–water partition coefficient (Wildman–Crippen LogP) is 1.55. The summed E-state index contributed by atoms with van der Waals surface area (Å²) >= 11 is 0. The molecule has 0 fully saturated rings. The standard InChI is InChI=1S/C11H13FN4/c1-7(13)11-14-10(15-16-11)6-8-4-2-3-5-9(8)12/h2-5,7H,6,13H2,1H3,(H,14,15,16). The number of halogens is 1. The van der Waals surface area contributed by atoms with Gasteiger partial charge < -0.3 is 5.73 Å².